The van der Waals surface area contributed by atoms with Crippen molar-refractivity contribution in [2.24, 2.45) is 0 Å². The highest BCUT2D eigenvalue weighted by atomic mass is 127. The Balaban J connectivity index is 3.30. The molecule has 0 fully saturated rings. The van der Waals surface area contributed by atoms with Crippen molar-refractivity contribution in [3.05, 3.63) is 27.1 Å². The molecule has 1 heterocycles. The second-order valence-electron chi connectivity index (χ2n) is 4.25. The van der Waals surface area contributed by atoms with Crippen LogP contribution in [0.15, 0.2) is 12.4 Å². The lowest BCUT2D eigenvalue weighted by Gasteiger charge is -2.27. The normalized spacial score (nSPS) is 11.8. The van der Waals surface area contributed by atoms with E-state index in [2.05, 4.69) is 55.3 Å². The van der Waals surface area contributed by atoms with Crippen LogP contribution in [0.5, 0.6) is 0 Å². The molecule has 0 spiro atoms. The molecule has 1 nitrogen and oxygen atoms in total. The van der Waals surface area contributed by atoms with E-state index in [4.69, 9.17) is 0 Å². The number of hydrogen-bond donors (Lipinski definition) is 0. The lowest BCUT2D eigenvalue weighted by molar-refractivity contribution is 0.498. The minimum absolute atomic E-state index is 0.269. The van der Waals surface area contributed by atoms with E-state index in [0.717, 1.165) is 6.42 Å². The average Bonchev–Trinajstić information content (AvgIpc) is 2.17. The van der Waals surface area contributed by atoms with Crippen molar-refractivity contribution in [2.75, 3.05) is 0 Å². The maximum atomic E-state index is 4.26. The van der Waals surface area contributed by atoms with E-state index in [1.807, 2.05) is 12.4 Å². The molecule has 0 unspecified atom stereocenters. The molecule has 1 aromatic rings. The number of rotatable bonds is 3. The van der Waals surface area contributed by atoms with Crippen LogP contribution in [0, 0.1) is 3.57 Å². The summed E-state index contributed by atoms with van der Waals surface area (Å²) < 4.78 is 1.30. The molecule has 0 N–H and O–H groups in total. The van der Waals surface area contributed by atoms with E-state index in [0.29, 0.717) is 0 Å². The molecule has 0 aliphatic heterocycles. The molecule has 0 atom stereocenters. The van der Waals surface area contributed by atoms with E-state index in [1.165, 1.54) is 21.1 Å². The van der Waals surface area contributed by atoms with Crippen LogP contribution >= 0.6 is 22.6 Å². The summed E-state index contributed by atoms with van der Waals surface area (Å²) in [5.41, 5.74) is 3.15. The first-order valence-corrected chi connectivity index (χ1v) is 6.23. The summed E-state index contributed by atoms with van der Waals surface area (Å²) >= 11 is 2.40. The lowest BCUT2D eigenvalue weighted by Crippen LogP contribution is -2.20. The summed E-state index contributed by atoms with van der Waals surface area (Å²) in [6.07, 6.45) is 6.21. The standard InChI is InChI=1S/C12H18IN/c1-5-9-7-14-8-10(13)11(9)12(3,4)6-2/h7-8H,5-6H2,1-4H3. The number of nitrogens with zero attached hydrogens (tertiary/aromatic N) is 1. The molecule has 78 valence electrons. The third kappa shape index (κ3) is 2.27. The topological polar surface area (TPSA) is 12.9 Å². The van der Waals surface area contributed by atoms with Gasteiger partial charge in [0.2, 0.25) is 0 Å². The zero-order valence-corrected chi connectivity index (χ0v) is 11.6. The fourth-order valence-electron chi connectivity index (χ4n) is 1.68. The van der Waals surface area contributed by atoms with E-state index in [-0.39, 0.29) is 5.41 Å². The Hall–Kier alpha value is -0.120. The van der Waals surface area contributed by atoms with Gasteiger partial charge in [0, 0.05) is 16.0 Å². The van der Waals surface area contributed by atoms with E-state index in [9.17, 15) is 0 Å². The van der Waals surface area contributed by atoms with Crippen LogP contribution in [-0.4, -0.2) is 4.98 Å². The van der Waals surface area contributed by atoms with Crippen LogP contribution in [0.25, 0.3) is 0 Å². The molecule has 0 saturated heterocycles. The van der Waals surface area contributed by atoms with Gasteiger partial charge in [-0.1, -0.05) is 27.7 Å². The van der Waals surface area contributed by atoms with Gasteiger partial charge in [0.1, 0.15) is 0 Å². The van der Waals surface area contributed by atoms with Gasteiger partial charge < -0.3 is 0 Å². The average molecular weight is 303 g/mol. The summed E-state index contributed by atoms with van der Waals surface area (Å²) in [4.78, 5) is 4.26. The second-order valence-corrected chi connectivity index (χ2v) is 5.41. The predicted octanol–water partition coefficient (Wildman–Crippen LogP) is 3.94. The number of halogens is 1. The van der Waals surface area contributed by atoms with Crippen molar-refractivity contribution in [1.82, 2.24) is 4.98 Å². The van der Waals surface area contributed by atoms with Crippen LogP contribution in [0.2, 0.25) is 0 Å². The van der Waals surface area contributed by atoms with Crippen LogP contribution in [0.1, 0.15) is 45.2 Å². The molecule has 1 aromatic heterocycles. The summed E-state index contributed by atoms with van der Waals surface area (Å²) in [6.45, 7) is 9.06. The van der Waals surface area contributed by atoms with Gasteiger partial charge in [0.15, 0.2) is 0 Å². The molecule has 0 radical (unpaired) electrons. The molecule has 0 aliphatic carbocycles. The molecule has 0 bridgehead atoms. The van der Waals surface area contributed by atoms with Gasteiger partial charge in [-0.2, -0.15) is 0 Å². The molecule has 0 aromatic carbocycles. The van der Waals surface area contributed by atoms with Crippen molar-refractivity contribution >= 4 is 22.6 Å². The fraction of sp³-hybridized carbons (Fsp3) is 0.583. The first kappa shape index (κ1) is 12.0. The Labute approximate surface area is 100 Å². The van der Waals surface area contributed by atoms with E-state index in [1.54, 1.807) is 0 Å². The molecule has 0 saturated carbocycles. The number of aryl methyl sites for hydroxylation is 1. The summed E-state index contributed by atoms with van der Waals surface area (Å²) in [7, 11) is 0. The first-order chi connectivity index (χ1) is 6.53. The Kier molecular flexibility index (Phi) is 3.93. The zero-order chi connectivity index (χ0) is 10.8. The van der Waals surface area contributed by atoms with E-state index < -0.39 is 0 Å². The van der Waals surface area contributed by atoms with Gasteiger partial charge in [-0.15, -0.1) is 0 Å². The third-order valence-electron chi connectivity index (χ3n) is 2.92. The molecular formula is C12H18IN. The Morgan fingerprint density at radius 3 is 2.43 bits per heavy atom. The zero-order valence-electron chi connectivity index (χ0n) is 9.39. The monoisotopic (exact) mass is 303 g/mol. The quantitative estimate of drug-likeness (QED) is 0.771. The minimum atomic E-state index is 0.269. The highest BCUT2D eigenvalue weighted by Gasteiger charge is 2.23. The van der Waals surface area contributed by atoms with Crippen molar-refractivity contribution in [3.63, 3.8) is 0 Å². The van der Waals surface area contributed by atoms with Crippen molar-refractivity contribution in [2.45, 2.75) is 46.0 Å². The van der Waals surface area contributed by atoms with Crippen LogP contribution < -0.4 is 0 Å². The molecule has 0 amide bonds. The predicted molar refractivity (Wildman–Crippen MR) is 69.6 cm³/mol. The highest BCUT2D eigenvalue weighted by Crippen LogP contribution is 2.32. The number of pyridine rings is 1. The minimum Gasteiger partial charge on any atom is -0.263 e. The first-order valence-electron chi connectivity index (χ1n) is 5.15. The maximum absolute atomic E-state index is 4.26. The Bertz CT molecular complexity index is 318. The summed E-state index contributed by atoms with van der Waals surface area (Å²) in [6, 6.07) is 0. The Morgan fingerprint density at radius 1 is 1.29 bits per heavy atom. The molecule has 1 rings (SSSR count). The smallest absolute Gasteiger partial charge is 0.0404 e. The number of hydrogen-bond acceptors (Lipinski definition) is 1. The maximum Gasteiger partial charge on any atom is 0.0404 e. The van der Waals surface area contributed by atoms with Crippen molar-refractivity contribution in [3.8, 4) is 0 Å². The van der Waals surface area contributed by atoms with Crippen LogP contribution in [0.3, 0.4) is 0 Å². The summed E-state index contributed by atoms with van der Waals surface area (Å²) in [5.74, 6) is 0. The van der Waals surface area contributed by atoms with Crippen LogP contribution in [0.4, 0.5) is 0 Å². The van der Waals surface area contributed by atoms with Gasteiger partial charge in [-0.05, 0) is 52.0 Å². The molecule has 0 aliphatic rings. The van der Waals surface area contributed by atoms with Gasteiger partial charge in [-0.25, -0.2) is 0 Å². The van der Waals surface area contributed by atoms with Crippen LogP contribution in [-0.2, 0) is 11.8 Å². The third-order valence-corrected chi connectivity index (χ3v) is 3.74. The van der Waals surface area contributed by atoms with Gasteiger partial charge in [0.05, 0.1) is 0 Å². The Morgan fingerprint density at radius 2 is 1.93 bits per heavy atom. The second kappa shape index (κ2) is 4.60. The van der Waals surface area contributed by atoms with Gasteiger partial charge in [-0.3, -0.25) is 4.98 Å². The number of aromatic nitrogens is 1. The molecular weight excluding hydrogens is 285 g/mol. The van der Waals surface area contributed by atoms with Crippen molar-refractivity contribution in [1.29, 1.82) is 0 Å². The van der Waals surface area contributed by atoms with Gasteiger partial charge >= 0.3 is 0 Å². The van der Waals surface area contributed by atoms with Gasteiger partial charge in [0.25, 0.3) is 0 Å². The largest absolute Gasteiger partial charge is 0.263 e. The fourth-order valence-corrected chi connectivity index (χ4v) is 2.92. The highest BCUT2D eigenvalue weighted by molar-refractivity contribution is 14.1. The lowest BCUT2D eigenvalue weighted by atomic mass is 9.80. The van der Waals surface area contributed by atoms with E-state index >= 15 is 0 Å². The van der Waals surface area contributed by atoms with Crippen molar-refractivity contribution < 1.29 is 0 Å². The molecule has 2 heteroatoms. The molecule has 14 heavy (non-hydrogen) atoms. The SMILES string of the molecule is CCc1cncc(I)c1C(C)(C)CC. The summed E-state index contributed by atoms with van der Waals surface area (Å²) in [5, 5.41) is 0.